The van der Waals surface area contributed by atoms with Gasteiger partial charge in [-0.1, -0.05) is 45.8 Å². The zero-order valence-corrected chi connectivity index (χ0v) is 13.1. The second-order valence-corrected chi connectivity index (χ2v) is 10.1. The molecule has 102 valence electrons. The van der Waals surface area contributed by atoms with Crippen LogP contribution in [0.25, 0.3) is 0 Å². The second kappa shape index (κ2) is 6.93. The molecule has 0 radical (unpaired) electrons. The summed E-state index contributed by atoms with van der Waals surface area (Å²) in [5, 5.41) is 0.948. The summed E-state index contributed by atoms with van der Waals surface area (Å²) in [6.07, 6.45) is 0.977. The Morgan fingerprint density at radius 1 is 1.06 bits per heavy atom. The van der Waals surface area contributed by atoms with Gasteiger partial charge < -0.3 is 4.74 Å². The van der Waals surface area contributed by atoms with Crippen molar-refractivity contribution in [1.29, 1.82) is 0 Å². The van der Waals surface area contributed by atoms with Crippen molar-refractivity contribution in [3.05, 3.63) is 24.0 Å². The summed E-state index contributed by atoms with van der Waals surface area (Å²) in [4.78, 5) is 0. The molecule has 1 nitrogen and oxygen atoms in total. The molecular formula is C15H25FOSi. The van der Waals surface area contributed by atoms with Gasteiger partial charge in [-0.3, -0.25) is 0 Å². The molecule has 18 heavy (non-hydrogen) atoms. The number of hydrogen-bond donors (Lipinski definition) is 0. The molecule has 0 spiro atoms. The van der Waals surface area contributed by atoms with E-state index in [0.29, 0.717) is 6.61 Å². The highest BCUT2D eigenvalue weighted by Crippen LogP contribution is 2.23. The van der Waals surface area contributed by atoms with Crippen LogP contribution in [0.3, 0.4) is 0 Å². The van der Waals surface area contributed by atoms with Crippen molar-refractivity contribution in [2.45, 2.75) is 52.2 Å². The zero-order chi connectivity index (χ0) is 13.6. The summed E-state index contributed by atoms with van der Waals surface area (Å²) in [6.45, 7) is 9.35. The van der Waals surface area contributed by atoms with Gasteiger partial charge in [0.15, 0.2) is 0 Å². The maximum absolute atomic E-state index is 14.1. The smallest absolute Gasteiger partial charge is 0.122 e. The van der Waals surface area contributed by atoms with E-state index in [9.17, 15) is 4.39 Å². The van der Waals surface area contributed by atoms with Gasteiger partial charge in [-0.25, -0.2) is 4.39 Å². The molecule has 0 aromatic heterocycles. The molecule has 0 fully saturated rings. The van der Waals surface area contributed by atoms with E-state index in [1.54, 1.807) is 12.1 Å². The van der Waals surface area contributed by atoms with Gasteiger partial charge in [-0.05, 0) is 29.8 Å². The zero-order valence-electron chi connectivity index (χ0n) is 12.1. The molecule has 0 aliphatic rings. The van der Waals surface area contributed by atoms with Gasteiger partial charge in [-0.15, -0.1) is 0 Å². The van der Waals surface area contributed by atoms with Crippen molar-refractivity contribution >= 4 is 13.3 Å². The van der Waals surface area contributed by atoms with E-state index < -0.39 is 8.07 Å². The highest BCUT2D eigenvalue weighted by Gasteiger charge is 2.32. The quantitative estimate of drug-likeness (QED) is 0.669. The number of rotatable bonds is 7. The number of hydrogen-bond acceptors (Lipinski definition) is 1. The summed E-state index contributed by atoms with van der Waals surface area (Å²) in [5.74, 6) is 0.775. The SMILES string of the molecule is CCCOc1ccc(F)c([Si](CC)(CC)CC)c1. The highest BCUT2D eigenvalue weighted by atomic mass is 28.3. The van der Waals surface area contributed by atoms with Crippen LogP contribution in [0.1, 0.15) is 34.1 Å². The topological polar surface area (TPSA) is 9.23 Å². The van der Waals surface area contributed by atoms with Crippen LogP contribution < -0.4 is 9.92 Å². The number of ether oxygens (including phenoxy) is 1. The molecule has 0 saturated heterocycles. The minimum absolute atomic E-state index is 0.0453. The summed E-state index contributed by atoms with van der Waals surface area (Å²) < 4.78 is 19.8. The lowest BCUT2D eigenvalue weighted by Crippen LogP contribution is -2.47. The maximum atomic E-state index is 14.1. The Hall–Kier alpha value is -0.833. The Kier molecular flexibility index (Phi) is 5.86. The number of halogens is 1. The van der Waals surface area contributed by atoms with E-state index in [2.05, 4.69) is 27.7 Å². The predicted molar refractivity (Wildman–Crippen MR) is 79.0 cm³/mol. The van der Waals surface area contributed by atoms with Gasteiger partial charge in [-0.2, -0.15) is 0 Å². The number of benzene rings is 1. The Morgan fingerprint density at radius 2 is 1.67 bits per heavy atom. The van der Waals surface area contributed by atoms with Crippen LogP contribution in [0, 0.1) is 5.82 Å². The average Bonchev–Trinajstić information content (AvgIpc) is 2.41. The Labute approximate surface area is 111 Å². The van der Waals surface area contributed by atoms with Crippen molar-refractivity contribution in [2.24, 2.45) is 0 Å². The Bertz CT molecular complexity index is 366. The third kappa shape index (κ3) is 3.13. The van der Waals surface area contributed by atoms with Crippen molar-refractivity contribution in [1.82, 2.24) is 0 Å². The van der Waals surface area contributed by atoms with Crippen LogP contribution in [0.4, 0.5) is 4.39 Å². The largest absolute Gasteiger partial charge is 0.494 e. The lowest BCUT2D eigenvalue weighted by Gasteiger charge is -2.29. The Morgan fingerprint density at radius 3 is 2.17 bits per heavy atom. The van der Waals surface area contributed by atoms with Crippen LogP contribution in [0.2, 0.25) is 18.1 Å². The van der Waals surface area contributed by atoms with Gasteiger partial charge in [0.25, 0.3) is 0 Å². The van der Waals surface area contributed by atoms with E-state index in [-0.39, 0.29) is 5.82 Å². The second-order valence-electron chi connectivity index (χ2n) is 4.83. The van der Waals surface area contributed by atoms with Crippen molar-refractivity contribution < 1.29 is 9.13 Å². The molecule has 1 aromatic rings. The summed E-state index contributed by atoms with van der Waals surface area (Å²) in [7, 11) is -1.66. The predicted octanol–water partition coefficient (Wildman–Crippen LogP) is 4.33. The Balaban J connectivity index is 3.12. The fourth-order valence-electron chi connectivity index (χ4n) is 2.54. The molecular weight excluding hydrogens is 243 g/mol. The van der Waals surface area contributed by atoms with Crippen molar-refractivity contribution in [3.63, 3.8) is 0 Å². The third-order valence-corrected chi connectivity index (χ3v) is 9.60. The van der Waals surface area contributed by atoms with Gasteiger partial charge in [0.2, 0.25) is 0 Å². The molecule has 3 heteroatoms. The molecule has 1 rings (SSSR count). The maximum Gasteiger partial charge on any atom is 0.122 e. The van der Waals surface area contributed by atoms with Crippen LogP contribution in [0.5, 0.6) is 5.75 Å². The first-order valence-corrected chi connectivity index (χ1v) is 9.68. The van der Waals surface area contributed by atoms with E-state index in [1.807, 2.05) is 6.07 Å². The highest BCUT2D eigenvalue weighted by molar-refractivity contribution is 6.91. The van der Waals surface area contributed by atoms with E-state index in [0.717, 1.165) is 35.5 Å². The van der Waals surface area contributed by atoms with Gasteiger partial charge in [0.1, 0.15) is 11.6 Å². The molecule has 0 amide bonds. The average molecular weight is 268 g/mol. The van der Waals surface area contributed by atoms with Crippen LogP contribution in [-0.4, -0.2) is 14.7 Å². The molecule has 1 aromatic carbocycles. The molecule has 0 saturated carbocycles. The summed E-state index contributed by atoms with van der Waals surface area (Å²) in [6, 6.07) is 8.54. The fraction of sp³-hybridized carbons (Fsp3) is 0.600. The minimum atomic E-state index is -1.66. The normalized spacial score (nSPS) is 11.6. The molecule has 0 N–H and O–H groups in total. The molecule has 0 unspecified atom stereocenters. The lowest BCUT2D eigenvalue weighted by atomic mass is 10.3. The van der Waals surface area contributed by atoms with Gasteiger partial charge in [0, 0.05) is 0 Å². The van der Waals surface area contributed by atoms with Crippen molar-refractivity contribution in [2.75, 3.05) is 6.61 Å². The van der Waals surface area contributed by atoms with Crippen molar-refractivity contribution in [3.8, 4) is 5.75 Å². The van der Waals surface area contributed by atoms with Crippen LogP contribution in [0.15, 0.2) is 18.2 Å². The van der Waals surface area contributed by atoms with Gasteiger partial charge >= 0.3 is 0 Å². The summed E-state index contributed by atoms with van der Waals surface area (Å²) >= 11 is 0. The first kappa shape index (κ1) is 15.2. The third-order valence-electron chi connectivity index (χ3n) is 4.01. The fourth-order valence-corrected chi connectivity index (χ4v) is 6.22. The van der Waals surface area contributed by atoms with Crippen LogP contribution in [-0.2, 0) is 0 Å². The molecule has 0 aliphatic heterocycles. The molecule has 0 atom stereocenters. The lowest BCUT2D eigenvalue weighted by molar-refractivity contribution is 0.317. The standard InChI is InChI=1S/C15H25FOSi/c1-5-11-17-13-9-10-14(16)15(12-13)18(6-2,7-3)8-4/h9-10,12H,5-8,11H2,1-4H3. The van der Waals surface area contributed by atoms with E-state index in [4.69, 9.17) is 4.74 Å². The molecule has 0 heterocycles. The van der Waals surface area contributed by atoms with Gasteiger partial charge in [0.05, 0.1) is 14.7 Å². The first-order chi connectivity index (χ1) is 8.63. The van der Waals surface area contributed by atoms with E-state index in [1.165, 1.54) is 0 Å². The monoisotopic (exact) mass is 268 g/mol. The van der Waals surface area contributed by atoms with E-state index >= 15 is 0 Å². The van der Waals surface area contributed by atoms with Crippen LogP contribution >= 0.6 is 0 Å². The summed E-state index contributed by atoms with van der Waals surface area (Å²) in [5.41, 5.74) is 0. The minimum Gasteiger partial charge on any atom is -0.494 e. The molecule has 0 bridgehead atoms. The molecule has 0 aliphatic carbocycles. The first-order valence-electron chi connectivity index (χ1n) is 7.06.